The predicted octanol–water partition coefficient (Wildman–Crippen LogP) is 2.96. The zero-order valence-electron chi connectivity index (χ0n) is 7.71. The fraction of sp³-hybridized carbons (Fsp3) is 0.273. The van der Waals surface area contributed by atoms with Crippen LogP contribution < -0.4 is 0 Å². The van der Waals surface area contributed by atoms with Gasteiger partial charge in [-0.15, -0.1) is 11.6 Å². The Balaban J connectivity index is 2.87. The van der Waals surface area contributed by atoms with Gasteiger partial charge in [0.15, 0.2) is 0 Å². The smallest absolute Gasteiger partial charge is 0.123 e. The van der Waals surface area contributed by atoms with Gasteiger partial charge in [0, 0.05) is 5.88 Å². The van der Waals surface area contributed by atoms with Crippen LogP contribution in [0.1, 0.15) is 17.5 Å². The second-order valence-electron chi connectivity index (χ2n) is 2.88. The Bertz CT molecular complexity index is 323. The first-order chi connectivity index (χ1) is 6.77. The van der Waals surface area contributed by atoms with Gasteiger partial charge in [0.05, 0.1) is 6.61 Å². The van der Waals surface area contributed by atoms with Gasteiger partial charge in [0.25, 0.3) is 0 Å². The van der Waals surface area contributed by atoms with Gasteiger partial charge >= 0.3 is 0 Å². The molecule has 1 nitrogen and oxygen atoms in total. The van der Waals surface area contributed by atoms with E-state index in [9.17, 15) is 4.39 Å². The molecule has 1 aromatic rings. The molecular formula is C11H12ClFO. The summed E-state index contributed by atoms with van der Waals surface area (Å²) in [6.07, 6.45) is 4.38. The van der Waals surface area contributed by atoms with Crippen molar-refractivity contribution in [2.75, 3.05) is 5.88 Å². The van der Waals surface area contributed by atoms with E-state index in [0.29, 0.717) is 11.4 Å². The quantitative estimate of drug-likeness (QED) is 0.765. The van der Waals surface area contributed by atoms with Crippen LogP contribution in [0.5, 0.6) is 0 Å². The lowest BCUT2D eigenvalue weighted by atomic mass is 10.1. The molecule has 0 heterocycles. The maximum Gasteiger partial charge on any atom is 0.123 e. The molecule has 0 saturated carbocycles. The summed E-state index contributed by atoms with van der Waals surface area (Å²) in [6.45, 7) is -0.0825. The van der Waals surface area contributed by atoms with Gasteiger partial charge < -0.3 is 5.11 Å². The lowest BCUT2D eigenvalue weighted by molar-refractivity contribution is 0.281. The van der Waals surface area contributed by atoms with E-state index in [-0.39, 0.29) is 12.4 Å². The normalized spacial score (nSPS) is 11.1. The average molecular weight is 215 g/mol. The van der Waals surface area contributed by atoms with Crippen molar-refractivity contribution in [2.45, 2.75) is 13.0 Å². The molecule has 0 fully saturated rings. The average Bonchev–Trinajstić information content (AvgIpc) is 2.19. The van der Waals surface area contributed by atoms with E-state index in [1.807, 2.05) is 6.08 Å². The van der Waals surface area contributed by atoms with Gasteiger partial charge in [-0.2, -0.15) is 0 Å². The maximum absolute atomic E-state index is 12.9. The molecule has 1 N–H and O–H groups in total. The topological polar surface area (TPSA) is 20.2 Å². The SMILES string of the molecule is OCc1ccc(F)cc1C=CCCCl. The number of halogens is 2. The highest BCUT2D eigenvalue weighted by Crippen LogP contribution is 2.13. The molecule has 0 bridgehead atoms. The summed E-state index contributed by atoms with van der Waals surface area (Å²) in [4.78, 5) is 0. The van der Waals surface area contributed by atoms with Gasteiger partial charge in [-0.1, -0.05) is 18.2 Å². The summed E-state index contributed by atoms with van der Waals surface area (Å²) < 4.78 is 12.9. The Kier molecular flexibility index (Phi) is 4.63. The monoisotopic (exact) mass is 214 g/mol. The van der Waals surface area contributed by atoms with Gasteiger partial charge in [-0.25, -0.2) is 4.39 Å². The van der Waals surface area contributed by atoms with Crippen LogP contribution in [0.15, 0.2) is 24.3 Å². The standard InChI is InChI=1S/C11H12ClFO/c12-6-2-1-3-9-7-11(13)5-4-10(9)8-14/h1,3-5,7,14H,2,6,8H2. The molecule has 14 heavy (non-hydrogen) atoms. The van der Waals surface area contributed by atoms with E-state index in [4.69, 9.17) is 16.7 Å². The molecule has 3 heteroatoms. The van der Waals surface area contributed by atoms with Crippen LogP contribution in [0.25, 0.3) is 6.08 Å². The van der Waals surface area contributed by atoms with E-state index in [2.05, 4.69) is 0 Å². The molecule has 0 aliphatic rings. The molecule has 0 radical (unpaired) electrons. The minimum absolute atomic E-state index is 0.0825. The molecule has 0 unspecified atom stereocenters. The third-order valence-corrected chi connectivity index (χ3v) is 2.07. The maximum atomic E-state index is 12.9. The minimum atomic E-state index is -0.298. The lowest BCUT2D eigenvalue weighted by Gasteiger charge is -2.02. The van der Waals surface area contributed by atoms with E-state index < -0.39 is 0 Å². The number of hydrogen-bond acceptors (Lipinski definition) is 1. The second-order valence-corrected chi connectivity index (χ2v) is 3.26. The number of aliphatic hydroxyl groups is 1. The van der Waals surface area contributed by atoms with Crippen LogP contribution in [0.3, 0.4) is 0 Å². The Hall–Kier alpha value is -0.860. The van der Waals surface area contributed by atoms with Crippen LogP contribution >= 0.6 is 11.6 Å². The first-order valence-electron chi connectivity index (χ1n) is 4.39. The number of aliphatic hydroxyl groups excluding tert-OH is 1. The Labute approximate surface area is 87.8 Å². The molecular weight excluding hydrogens is 203 g/mol. The summed E-state index contributed by atoms with van der Waals surface area (Å²) in [5.74, 6) is 0.244. The molecule has 0 atom stereocenters. The molecule has 0 saturated heterocycles. The first-order valence-corrected chi connectivity index (χ1v) is 4.93. The van der Waals surface area contributed by atoms with Crippen molar-refractivity contribution >= 4 is 17.7 Å². The first kappa shape index (κ1) is 11.2. The fourth-order valence-corrected chi connectivity index (χ4v) is 1.26. The molecule has 1 rings (SSSR count). The van der Waals surface area contributed by atoms with Crippen LogP contribution in [0.4, 0.5) is 4.39 Å². The Morgan fingerprint density at radius 3 is 2.86 bits per heavy atom. The molecule has 76 valence electrons. The number of alkyl halides is 1. The van der Waals surface area contributed by atoms with Crippen LogP contribution in [-0.2, 0) is 6.61 Å². The van der Waals surface area contributed by atoms with Crippen molar-refractivity contribution in [1.82, 2.24) is 0 Å². The van der Waals surface area contributed by atoms with E-state index in [1.54, 1.807) is 12.1 Å². The predicted molar refractivity (Wildman–Crippen MR) is 56.7 cm³/mol. The number of hydrogen-bond donors (Lipinski definition) is 1. The summed E-state index contributed by atoms with van der Waals surface area (Å²) >= 11 is 5.50. The molecule has 0 amide bonds. The van der Waals surface area contributed by atoms with Gasteiger partial charge in [-0.3, -0.25) is 0 Å². The molecule has 0 aliphatic heterocycles. The Morgan fingerprint density at radius 1 is 1.43 bits per heavy atom. The van der Waals surface area contributed by atoms with E-state index >= 15 is 0 Å². The van der Waals surface area contributed by atoms with Gasteiger partial charge in [0.2, 0.25) is 0 Å². The van der Waals surface area contributed by atoms with Crippen molar-refractivity contribution in [2.24, 2.45) is 0 Å². The highest BCUT2D eigenvalue weighted by atomic mass is 35.5. The fourth-order valence-electron chi connectivity index (χ4n) is 1.14. The number of allylic oxidation sites excluding steroid dienone is 1. The highest BCUT2D eigenvalue weighted by molar-refractivity contribution is 6.17. The summed E-state index contributed by atoms with van der Waals surface area (Å²) in [5, 5.41) is 8.98. The van der Waals surface area contributed by atoms with Crippen LogP contribution in [0, 0.1) is 5.82 Å². The summed E-state index contributed by atoms with van der Waals surface area (Å²) in [5.41, 5.74) is 1.43. The zero-order valence-corrected chi connectivity index (χ0v) is 8.47. The van der Waals surface area contributed by atoms with Crippen molar-refractivity contribution in [1.29, 1.82) is 0 Å². The number of rotatable bonds is 4. The van der Waals surface area contributed by atoms with E-state index in [0.717, 1.165) is 12.0 Å². The van der Waals surface area contributed by atoms with E-state index in [1.165, 1.54) is 12.1 Å². The molecule has 1 aromatic carbocycles. The third-order valence-electron chi connectivity index (χ3n) is 1.85. The zero-order chi connectivity index (χ0) is 10.4. The van der Waals surface area contributed by atoms with Crippen molar-refractivity contribution in [3.63, 3.8) is 0 Å². The van der Waals surface area contributed by atoms with Crippen molar-refractivity contribution in [3.05, 3.63) is 41.2 Å². The highest BCUT2D eigenvalue weighted by Gasteiger charge is 1.99. The summed E-state index contributed by atoms with van der Waals surface area (Å²) in [7, 11) is 0. The van der Waals surface area contributed by atoms with Crippen molar-refractivity contribution in [3.8, 4) is 0 Å². The minimum Gasteiger partial charge on any atom is -0.392 e. The molecule has 0 aliphatic carbocycles. The molecule has 0 spiro atoms. The number of benzene rings is 1. The van der Waals surface area contributed by atoms with Crippen molar-refractivity contribution < 1.29 is 9.50 Å². The van der Waals surface area contributed by atoms with Gasteiger partial charge in [-0.05, 0) is 29.7 Å². The summed E-state index contributed by atoms with van der Waals surface area (Å²) in [6, 6.07) is 4.32. The largest absolute Gasteiger partial charge is 0.392 e. The third kappa shape index (κ3) is 3.13. The Morgan fingerprint density at radius 2 is 2.21 bits per heavy atom. The molecule has 0 aromatic heterocycles. The van der Waals surface area contributed by atoms with Crippen LogP contribution in [-0.4, -0.2) is 11.0 Å². The lowest BCUT2D eigenvalue weighted by Crippen LogP contribution is -1.89. The second kappa shape index (κ2) is 5.78. The van der Waals surface area contributed by atoms with Gasteiger partial charge in [0.1, 0.15) is 5.82 Å². The van der Waals surface area contributed by atoms with Crippen LogP contribution in [0.2, 0.25) is 0 Å².